The third kappa shape index (κ3) is 5.57. The van der Waals surface area contributed by atoms with Gasteiger partial charge in [0.1, 0.15) is 17.5 Å². The van der Waals surface area contributed by atoms with Crippen molar-refractivity contribution in [3.63, 3.8) is 0 Å². The molecule has 0 radical (unpaired) electrons. The minimum atomic E-state index is -0.694. The fourth-order valence-electron chi connectivity index (χ4n) is 2.58. The maximum absolute atomic E-state index is 12.5. The van der Waals surface area contributed by atoms with Gasteiger partial charge in [-0.05, 0) is 31.5 Å². The Balaban J connectivity index is 1.94. The van der Waals surface area contributed by atoms with Crippen molar-refractivity contribution < 1.29 is 14.3 Å². The van der Waals surface area contributed by atoms with Crippen molar-refractivity contribution in [3.05, 3.63) is 73.1 Å². The van der Waals surface area contributed by atoms with Gasteiger partial charge >= 0.3 is 0 Å². The molecule has 2 aromatic rings. The van der Waals surface area contributed by atoms with Crippen molar-refractivity contribution in [1.82, 2.24) is 20.0 Å². The van der Waals surface area contributed by atoms with Crippen molar-refractivity contribution in [2.45, 2.75) is 26.6 Å². The van der Waals surface area contributed by atoms with E-state index in [9.17, 15) is 9.59 Å². The number of rotatable bonds is 10. The van der Waals surface area contributed by atoms with Crippen molar-refractivity contribution >= 4 is 11.8 Å². The number of amides is 2. The lowest BCUT2D eigenvalue weighted by molar-refractivity contribution is -0.131. The van der Waals surface area contributed by atoms with Crippen LogP contribution in [0.5, 0.6) is 5.75 Å². The highest BCUT2D eigenvalue weighted by molar-refractivity contribution is 5.95. The predicted octanol–water partition coefficient (Wildman–Crippen LogP) is 2.55. The van der Waals surface area contributed by atoms with E-state index in [-0.39, 0.29) is 18.3 Å². The summed E-state index contributed by atoms with van der Waals surface area (Å²) >= 11 is 0. The van der Waals surface area contributed by atoms with E-state index in [0.29, 0.717) is 13.1 Å². The standard InChI is InChI=1S/C21H26N4O3/c1-5-12-24(13-6-2)21(27)17(4)22-20(26)18-11-14-25(23-18)15-28-19-10-8-7-9-16(19)3/h5-11,14,17H,1-2,12-13,15H2,3-4H3,(H,22,26). The third-order valence-electron chi connectivity index (χ3n) is 4.05. The number of para-hydroxylation sites is 1. The monoisotopic (exact) mass is 382 g/mol. The van der Waals surface area contributed by atoms with E-state index < -0.39 is 11.9 Å². The predicted molar refractivity (Wildman–Crippen MR) is 108 cm³/mol. The van der Waals surface area contributed by atoms with Crippen molar-refractivity contribution in [2.75, 3.05) is 13.1 Å². The molecule has 2 rings (SSSR count). The quantitative estimate of drug-likeness (QED) is 0.641. The fraction of sp³-hybridized carbons (Fsp3) is 0.286. The lowest BCUT2D eigenvalue weighted by Crippen LogP contribution is -2.47. The molecule has 1 atom stereocenters. The molecule has 7 nitrogen and oxygen atoms in total. The van der Waals surface area contributed by atoms with Crippen LogP contribution in [-0.4, -0.2) is 45.6 Å². The summed E-state index contributed by atoms with van der Waals surface area (Å²) in [5.74, 6) is 0.121. The molecule has 1 aromatic heterocycles. The molecular weight excluding hydrogens is 356 g/mol. The first kappa shape index (κ1) is 21.0. The van der Waals surface area contributed by atoms with Crippen LogP contribution in [0.3, 0.4) is 0 Å². The summed E-state index contributed by atoms with van der Waals surface area (Å²) in [6.45, 7) is 11.8. The molecule has 0 aliphatic heterocycles. The summed E-state index contributed by atoms with van der Waals surface area (Å²) in [4.78, 5) is 26.4. The number of aryl methyl sites for hydroxylation is 1. The molecule has 0 aliphatic carbocycles. The molecule has 148 valence electrons. The molecule has 0 spiro atoms. The molecule has 1 unspecified atom stereocenters. The van der Waals surface area contributed by atoms with E-state index in [1.807, 2.05) is 31.2 Å². The molecule has 0 saturated heterocycles. The first-order chi connectivity index (χ1) is 13.5. The fourth-order valence-corrected chi connectivity index (χ4v) is 2.58. The van der Waals surface area contributed by atoms with Gasteiger partial charge in [-0.3, -0.25) is 9.59 Å². The van der Waals surface area contributed by atoms with Crippen molar-refractivity contribution in [3.8, 4) is 5.75 Å². The Morgan fingerprint density at radius 1 is 1.25 bits per heavy atom. The number of hydrogen-bond acceptors (Lipinski definition) is 4. The van der Waals surface area contributed by atoms with Crippen molar-refractivity contribution in [1.29, 1.82) is 0 Å². The maximum atomic E-state index is 12.5. The summed E-state index contributed by atoms with van der Waals surface area (Å²) in [7, 11) is 0. The van der Waals surface area contributed by atoms with Crippen LogP contribution in [0.2, 0.25) is 0 Å². The molecule has 1 N–H and O–H groups in total. The van der Waals surface area contributed by atoms with E-state index in [0.717, 1.165) is 11.3 Å². The normalized spacial score (nSPS) is 11.4. The van der Waals surface area contributed by atoms with Crippen LogP contribution in [0.1, 0.15) is 23.0 Å². The van der Waals surface area contributed by atoms with Crippen LogP contribution in [0.4, 0.5) is 0 Å². The summed E-state index contributed by atoms with van der Waals surface area (Å²) < 4.78 is 7.23. The van der Waals surface area contributed by atoms with Gasteiger partial charge in [-0.15, -0.1) is 13.2 Å². The van der Waals surface area contributed by atoms with E-state index >= 15 is 0 Å². The Hall–Kier alpha value is -3.35. The van der Waals surface area contributed by atoms with Crippen LogP contribution in [-0.2, 0) is 11.5 Å². The van der Waals surface area contributed by atoms with Gasteiger partial charge in [0.25, 0.3) is 5.91 Å². The SMILES string of the molecule is C=CCN(CC=C)C(=O)C(C)NC(=O)c1ccn(COc2ccccc2C)n1. The molecule has 1 aromatic carbocycles. The van der Waals surface area contributed by atoms with Crippen LogP contribution >= 0.6 is 0 Å². The molecule has 0 bridgehead atoms. The number of ether oxygens (including phenoxy) is 1. The van der Waals surface area contributed by atoms with E-state index in [4.69, 9.17) is 4.74 Å². The average molecular weight is 382 g/mol. The van der Waals surface area contributed by atoms with Crippen LogP contribution in [0, 0.1) is 6.92 Å². The Labute approximate surface area is 165 Å². The van der Waals surface area contributed by atoms with Crippen LogP contribution < -0.4 is 10.1 Å². The second-order valence-electron chi connectivity index (χ2n) is 6.30. The molecule has 0 fully saturated rings. The zero-order chi connectivity index (χ0) is 20.5. The number of benzene rings is 1. The minimum absolute atomic E-state index is 0.180. The van der Waals surface area contributed by atoms with Crippen LogP contribution in [0.25, 0.3) is 0 Å². The lowest BCUT2D eigenvalue weighted by atomic mass is 10.2. The summed E-state index contributed by atoms with van der Waals surface area (Å²) in [6.07, 6.45) is 4.92. The topological polar surface area (TPSA) is 76.5 Å². The number of carbonyl (C=O) groups is 2. The zero-order valence-electron chi connectivity index (χ0n) is 16.3. The molecule has 0 saturated carbocycles. The Bertz CT molecular complexity index is 834. The van der Waals surface area contributed by atoms with Gasteiger partial charge in [0, 0.05) is 19.3 Å². The first-order valence-electron chi connectivity index (χ1n) is 8.99. The van der Waals surface area contributed by atoms with E-state index in [1.54, 1.807) is 36.2 Å². The first-order valence-corrected chi connectivity index (χ1v) is 8.99. The molecule has 7 heteroatoms. The molecular formula is C21H26N4O3. The van der Waals surface area contributed by atoms with Gasteiger partial charge in [0.05, 0.1) is 0 Å². The van der Waals surface area contributed by atoms with Gasteiger partial charge in [-0.25, -0.2) is 4.68 Å². The second-order valence-corrected chi connectivity index (χ2v) is 6.30. The van der Waals surface area contributed by atoms with Gasteiger partial charge < -0.3 is 15.0 Å². The highest BCUT2D eigenvalue weighted by Gasteiger charge is 2.22. The summed E-state index contributed by atoms with van der Waals surface area (Å²) in [6, 6.07) is 8.55. The number of carbonyl (C=O) groups excluding carboxylic acids is 2. The highest BCUT2D eigenvalue weighted by atomic mass is 16.5. The van der Waals surface area contributed by atoms with Gasteiger partial charge in [0.2, 0.25) is 5.91 Å². The number of aromatic nitrogens is 2. The average Bonchev–Trinajstić information content (AvgIpc) is 3.16. The molecule has 28 heavy (non-hydrogen) atoms. The Kier molecular flexibility index (Phi) is 7.56. The summed E-state index contributed by atoms with van der Waals surface area (Å²) in [5, 5.41) is 6.88. The smallest absolute Gasteiger partial charge is 0.272 e. The molecule has 2 amide bonds. The van der Waals surface area contributed by atoms with Gasteiger partial charge in [0.15, 0.2) is 6.73 Å². The van der Waals surface area contributed by atoms with Gasteiger partial charge in [-0.1, -0.05) is 30.4 Å². The number of nitrogens with one attached hydrogen (secondary N) is 1. The van der Waals surface area contributed by atoms with E-state index in [2.05, 4.69) is 23.6 Å². The number of nitrogens with zero attached hydrogens (tertiary/aromatic N) is 3. The van der Waals surface area contributed by atoms with E-state index in [1.165, 1.54) is 4.68 Å². The maximum Gasteiger partial charge on any atom is 0.272 e. The third-order valence-corrected chi connectivity index (χ3v) is 4.05. The van der Waals surface area contributed by atoms with Crippen molar-refractivity contribution in [2.24, 2.45) is 0 Å². The Morgan fingerprint density at radius 3 is 2.57 bits per heavy atom. The molecule has 0 aliphatic rings. The second kappa shape index (κ2) is 10.1. The number of hydrogen-bond donors (Lipinski definition) is 1. The Morgan fingerprint density at radius 2 is 1.93 bits per heavy atom. The lowest BCUT2D eigenvalue weighted by Gasteiger charge is -2.23. The van der Waals surface area contributed by atoms with Crippen LogP contribution in [0.15, 0.2) is 61.8 Å². The minimum Gasteiger partial charge on any atom is -0.471 e. The largest absolute Gasteiger partial charge is 0.471 e. The van der Waals surface area contributed by atoms with Gasteiger partial charge in [-0.2, -0.15) is 5.10 Å². The zero-order valence-corrected chi connectivity index (χ0v) is 16.3. The summed E-state index contributed by atoms with van der Waals surface area (Å²) in [5.41, 5.74) is 1.23. The molecule has 1 heterocycles. The highest BCUT2D eigenvalue weighted by Crippen LogP contribution is 2.16.